The van der Waals surface area contributed by atoms with Crippen LogP contribution in [-0.2, 0) is 9.53 Å². The Bertz CT molecular complexity index is 377. The quantitative estimate of drug-likeness (QED) is 0.805. The fourth-order valence-corrected chi connectivity index (χ4v) is 1.60. The van der Waals surface area contributed by atoms with Gasteiger partial charge in [0.05, 0.1) is 18.6 Å². The normalized spacial score (nSPS) is 14.0. The third-order valence-electron chi connectivity index (χ3n) is 2.76. The summed E-state index contributed by atoms with van der Waals surface area (Å²) >= 11 is 0. The number of ether oxygens (including phenoxy) is 1. The third kappa shape index (κ3) is 4.43. The van der Waals surface area contributed by atoms with Gasteiger partial charge >= 0.3 is 0 Å². The lowest BCUT2D eigenvalue weighted by Gasteiger charge is -2.17. The fourth-order valence-electron chi connectivity index (χ4n) is 1.60. The highest BCUT2D eigenvalue weighted by atomic mass is 19.1. The van der Waals surface area contributed by atoms with Crippen LogP contribution in [0, 0.1) is 5.82 Å². The molecule has 0 spiro atoms. The molecule has 0 aliphatic heterocycles. The van der Waals surface area contributed by atoms with Crippen LogP contribution in [0.4, 0.5) is 4.39 Å². The second-order valence-electron chi connectivity index (χ2n) is 4.14. The number of nitrogens with one attached hydrogen (secondary N) is 1. The number of carbonyl (C=O) groups is 1. The van der Waals surface area contributed by atoms with E-state index in [1.165, 1.54) is 19.2 Å². The first-order valence-corrected chi connectivity index (χ1v) is 5.84. The van der Waals surface area contributed by atoms with Crippen LogP contribution in [0.1, 0.15) is 24.9 Å². The zero-order valence-electron chi connectivity index (χ0n) is 10.7. The molecule has 2 atom stereocenters. The molecule has 0 bridgehead atoms. The monoisotopic (exact) mass is 254 g/mol. The average molecular weight is 254 g/mol. The molecular weight excluding hydrogens is 235 g/mol. The van der Waals surface area contributed by atoms with Crippen molar-refractivity contribution >= 4 is 5.91 Å². The van der Waals surface area contributed by atoms with E-state index in [2.05, 4.69) is 5.32 Å². The van der Waals surface area contributed by atoms with Crippen LogP contribution in [0.15, 0.2) is 24.3 Å². The molecule has 0 aromatic heterocycles. The largest absolute Gasteiger partial charge is 0.380 e. The molecular formula is C13H19FN2O2. The van der Waals surface area contributed by atoms with Crippen LogP contribution < -0.4 is 11.1 Å². The van der Waals surface area contributed by atoms with Crippen molar-refractivity contribution in [3.63, 3.8) is 0 Å². The van der Waals surface area contributed by atoms with E-state index in [-0.39, 0.29) is 30.3 Å². The molecule has 0 aliphatic rings. The van der Waals surface area contributed by atoms with Gasteiger partial charge in [0.15, 0.2) is 0 Å². The molecule has 1 aromatic rings. The number of hydrogen-bond acceptors (Lipinski definition) is 3. The van der Waals surface area contributed by atoms with E-state index in [9.17, 15) is 9.18 Å². The summed E-state index contributed by atoms with van der Waals surface area (Å²) in [6.45, 7) is 2.14. The SMILES string of the molecule is COC(CN)CC(=O)NC(C)c1ccc(F)cc1. The van der Waals surface area contributed by atoms with Gasteiger partial charge in [-0.25, -0.2) is 4.39 Å². The lowest BCUT2D eigenvalue weighted by Crippen LogP contribution is -2.33. The maximum Gasteiger partial charge on any atom is 0.223 e. The second-order valence-corrected chi connectivity index (χ2v) is 4.14. The highest BCUT2D eigenvalue weighted by molar-refractivity contribution is 5.76. The smallest absolute Gasteiger partial charge is 0.223 e. The summed E-state index contributed by atoms with van der Waals surface area (Å²) in [6, 6.07) is 5.87. The van der Waals surface area contributed by atoms with Gasteiger partial charge in [-0.2, -0.15) is 0 Å². The molecule has 0 heterocycles. The average Bonchev–Trinajstić information content (AvgIpc) is 2.36. The first-order valence-electron chi connectivity index (χ1n) is 5.84. The van der Waals surface area contributed by atoms with Gasteiger partial charge < -0.3 is 15.8 Å². The van der Waals surface area contributed by atoms with Crippen molar-refractivity contribution < 1.29 is 13.9 Å². The highest BCUT2D eigenvalue weighted by Crippen LogP contribution is 2.13. The van der Waals surface area contributed by atoms with E-state index in [4.69, 9.17) is 10.5 Å². The Labute approximate surface area is 106 Å². The van der Waals surface area contributed by atoms with Gasteiger partial charge in [0.2, 0.25) is 5.91 Å². The standard InChI is InChI=1S/C13H19FN2O2/c1-9(10-3-5-11(14)6-4-10)16-13(17)7-12(8-15)18-2/h3-6,9,12H,7-8,15H2,1-2H3,(H,16,17). The van der Waals surface area contributed by atoms with E-state index in [0.717, 1.165) is 5.56 Å². The maximum atomic E-state index is 12.8. The first kappa shape index (κ1) is 14.6. The summed E-state index contributed by atoms with van der Waals surface area (Å²) in [5.41, 5.74) is 6.30. The number of carbonyl (C=O) groups excluding carboxylic acids is 1. The van der Waals surface area contributed by atoms with Crippen molar-refractivity contribution in [2.24, 2.45) is 5.73 Å². The molecule has 0 aliphatic carbocycles. The lowest BCUT2D eigenvalue weighted by atomic mass is 10.1. The summed E-state index contributed by atoms with van der Waals surface area (Å²) in [6.07, 6.45) is -0.0520. The van der Waals surface area contributed by atoms with Gasteiger partial charge in [-0.15, -0.1) is 0 Å². The fraction of sp³-hybridized carbons (Fsp3) is 0.462. The number of rotatable bonds is 6. The first-order chi connectivity index (χ1) is 8.56. The minimum Gasteiger partial charge on any atom is -0.380 e. The molecule has 0 saturated carbocycles. The van der Waals surface area contributed by atoms with Crippen LogP contribution in [0.3, 0.4) is 0 Å². The predicted octanol–water partition coefficient (Wildman–Crippen LogP) is 1.37. The van der Waals surface area contributed by atoms with Crippen LogP contribution in [-0.4, -0.2) is 25.7 Å². The zero-order valence-corrected chi connectivity index (χ0v) is 10.7. The van der Waals surface area contributed by atoms with Crippen molar-refractivity contribution in [2.45, 2.75) is 25.5 Å². The van der Waals surface area contributed by atoms with Crippen molar-refractivity contribution in [2.75, 3.05) is 13.7 Å². The van der Waals surface area contributed by atoms with Crippen LogP contribution in [0.2, 0.25) is 0 Å². The molecule has 2 unspecified atom stereocenters. The number of hydrogen-bond donors (Lipinski definition) is 2. The molecule has 1 amide bonds. The van der Waals surface area contributed by atoms with Gasteiger partial charge in [-0.1, -0.05) is 12.1 Å². The Morgan fingerprint density at radius 2 is 2.06 bits per heavy atom. The van der Waals surface area contributed by atoms with Gasteiger partial charge in [0, 0.05) is 13.7 Å². The van der Waals surface area contributed by atoms with Gasteiger partial charge in [-0.05, 0) is 24.6 Å². The van der Waals surface area contributed by atoms with E-state index in [1.807, 2.05) is 6.92 Å². The van der Waals surface area contributed by atoms with Gasteiger partial charge in [-0.3, -0.25) is 4.79 Å². The van der Waals surface area contributed by atoms with Gasteiger partial charge in [0.1, 0.15) is 5.82 Å². The number of benzene rings is 1. The molecule has 5 heteroatoms. The summed E-state index contributed by atoms with van der Waals surface area (Å²) in [4.78, 5) is 11.7. The number of nitrogens with two attached hydrogens (primary N) is 1. The van der Waals surface area contributed by atoms with Crippen molar-refractivity contribution in [1.82, 2.24) is 5.32 Å². The minimum absolute atomic E-state index is 0.135. The van der Waals surface area contributed by atoms with Gasteiger partial charge in [0.25, 0.3) is 0 Å². The molecule has 4 nitrogen and oxygen atoms in total. The Morgan fingerprint density at radius 1 is 1.44 bits per heavy atom. The van der Waals surface area contributed by atoms with Crippen LogP contribution in [0.5, 0.6) is 0 Å². The Kier molecular flexibility index (Phi) is 5.74. The molecule has 3 N–H and O–H groups in total. The van der Waals surface area contributed by atoms with E-state index in [1.54, 1.807) is 12.1 Å². The second kappa shape index (κ2) is 7.08. The third-order valence-corrected chi connectivity index (χ3v) is 2.76. The van der Waals surface area contributed by atoms with Crippen molar-refractivity contribution in [1.29, 1.82) is 0 Å². The molecule has 0 radical (unpaired) electrons. The summed E-state index contributed by atoms with van der Waals surface area (Å²) in [5, 5.41) is 2.82. The molecule has 100 valence electrons. The molecule has 1 rings (SSSR count). The summed E-state index contributed by atoms with van der Waals surface area (Å²) in [5.74, 6) is -0.427. The van der Waals surface area contributed by atoms with Crippen LogP contribution in [0.25, 0.3) is 0 Å². The topological polar surface area (TPSA) is 64.3 Å². The van der Waals surface area contributed by atoms with Crippen LogP contribution >= 0.6 is 0 Å². The predicted molar refractivity (Wildman–Crippen MR) is 67.4 cm³/mol. The Balaban J connectivity index is 2.51. The lowest BCUT2D eigenvalue weighted by molar-refractivity contribution is -0.124. The Hall–Kier alpha value is -1.46. The number of amides is 1. The molecule has 1 aromatic carbocycles. The highest BCUT2D eigenvalue weighted by Gasteiger charge is 2.14. The van der Waals surface area contributed by atoms with E-state index < -0.39 is 0 Å². The molecule has 18 heavy (non-hydrogen) atoms. The number of methoxy groups -OCH3 is 1. The molecule has 0 saturated heterocycles. The molecule has 0 fully saturated rings. The van der Waals surface area contributed by atoms with Crippen molar-refractivity contribution in [3.05, 3.63) is 35.6 Å². The van der Waals surface area contributed by atoms with E-state index >= 15 is 0 Å². The zero-order chi connectivity index (χ0) is 13.5. The Morgan fingerprint density at radius 3 is 2.56 bits per heavy atom. The van der Waals surface area contributed by atoms with Crippen molar-refractivity contribution in [3.8, 4) is 0 Å². The summed E-state index contributed by atoms with van der Waals surface area (Å²) in [7, 11) is 1.52. The minimum atomic E-state index is -0.292. The van der Waals surface area contributed by atoms with E-state index in [0.29, 0.717) is 6.54 Å². The number of halogens is 1. The maximum absolute atomic E-state index is 12.8. The summed E-state index contributed by atoms with van der Waals surface area (Å²) < 4.78 is 17.8.